The van der Waals surface area contributed by atoms with Crippen LogP contribution in [-0.2, 0) is 20.7 Å². The Bertz CT molecular complexity index is 808. The van der Waals surface area contributed by atoms with Gasteiger partial charge in [-0.3, -0.25) is 14.4 Å². The van der Waals surface area contributed by atoms with Crippen molar-refractivity contribution in [3.63, 3.8) is 0 Å². The number of hydrogen-bond donors (Lipinski definition) is 0. The highest BCUT2D eigenvalue weighted by atomic mass is 16.5. The van der Waals surface area contributed by atoms with Gasteiger partial charge in [-0.25, -0.2) is 0 Å². The van der Waals surface area contributed by atoms with Crippen molar-refractivity contribution in [1.29, 1.82) is 0 Å². The Hall–Kier alpha value is -3.29. The largest absolute Gasteiger partial charge is 0.497 e. The van der Waals surface area contributed by atoms with Gasteiger partial charge < -0.3 is 23.7 Å². The van der Waals surface area contributed by atoms with E-state index in [9.17, 15) is 14.4 Å². The monoisotopic (exact) mass is 386 g/mol. The van der Waals surface area contributed by atoms with Gasteiger partial charge in [0.1, 0.15) is 5.75 Å². The SMILES string of the molecule is COc1ccc(CC(=O)OCC(=O)N2CCN(C(=O)c3ccco3)CC2)cc1. The lowest BCUT2D eigenvalue weighted by molar-refractivity contribution is -0.152. The number of piperazine rings is 1. The molecule has 0 N–H and O–H groups in total. The van der Waals surface area contributed by atoms with E-state index in [2.05, 4.69) is 0 Å². The molecule has 0 aliphatic carbocycles. The summed E-state index contributed by atoms with van der Waals surface area (Å²) in [5, 5.41) is 0. The second-order valence-electron chi connectivity index (χ2n) is 6.34. The molecule has 1 saturated heterocycles. The number of carbonyl (C=O) groups is 3. The van der Waals surface area contributed by atoms with Crippen molar-refractivity contribution in [2.45, 2.75) is 6.42 Å². The predicted molar refractivity (Wildman–Crippen MR) is 98.8 cm³/mol. The molecule has 0 saturated carbocycles. The van der Waals surface area contributed by atoms with Crippen LogP contribution < -0.4 is 4.74 Å². The van der Waals surface area contributed by atoms with E-state index in [4.69, 9.17) is 13.9 Å². The fourth-order valence-electron chi connectivity index (χ4n) is 2.91. The van der Waals surface area contributed by atoms with Crippen LogP contribution >= 0.6 is 0 Å². The summed E-state index contributed by atoms with van der Waals surface area (Å²) < 4.78 is 15.3. The topological polar surface area (TPSA) is 89.3 Å². The quantitative estimate of drug-likeness (QED) is 0.697. The molecule has 148 valence electrons. The lowest BCUT2D eigenvalue weighted by Gasteiger charge is -2.34. The molecule has 1 aliphatic rings. The summed E-state index contributed by atoms with van der Waals surface area (Å²) in [5.74, 6) is 0.0607. The summed E-state index contributed by atoms with van der Waals surface area (Å²) in [6.07, 6.45) is 1.54. The Labute approximate surface area is 162 Å². The number of methoxy groups -OCH3 is 1. The third-order valence-corrected chi connectivity index (χ3v) is 4.52. The summed E-state index contributed by atoms with van der Waals surface area (Å²) in [7, 11) is 1.57. The molecule has 1 aliphatic heterocycles. The smallest absolute Gasteiger partial charge is 0.310 e. The standard InChI is InChI=1S/C20H22N2O6/c1-26-16-6-4-15(5-7-16)13-19(24)28-14-18(23)21-8-10-22(11-9-21)20(25)17-3-2-12-27-17/h2-7,12H,8-11,13-14H2,1H3. The number of furan rings is 1. The van der Waals surface area contributed by atoms with Crippen molar-refractivity contribution in [3.05, 3.63) is 54.0 Å². The molecular weight excluding hydrogens is 364 g/mol. The van der Waals surface area contributed by atoms with Gasteiger partial charge >= 0.3 is 5.97 Å². The summed E-state index contributed by atoms with van der Waals surface area (Å²) in [6.45, 7) is 1.29. The summed E-state index contributed by atoms with van der Waals surface area (Å²) in [6, 6.07) is 10.3. The Morgan fingerprint density at radius 3 is 2.29 bits per heavy atom. The Balaban J connectivity index is 1.40. The van der Waals surface area contributed by atoms with E-state index >= 15 is 0 Å². The number of hydrogen-bond acceptors (Lipinski definition) is 6. The highest BCUT2D eigenvalue weighted by molar-refractivity contribution is 5.91. The van der Waals surface area contributed by atoms with Crippen LogP contribution in [0.5, 0.6) is 5.75 Å². The molecule has 2 aromatic rings. The average molecular weight is 386 g/mol. The van der Waals surface area contributed by atoms with Gasteiger partial charge in [0.2, 0.25) is 0 Å². The van der Waals surface area contributed by atoms with Crippen molar-refractivity contribution >= 4 is 17.8 Å². The number of benzene rings is 1. The van der Waals surface area contributed by atoms with E-state index in [-0.39, 0.29) is 30.6 Å². The van der Waals surface area contributed by atoms with Crippen LogP contribution in [0.25, 0.3) is 0 Å². The maximum absolute atomic E-state index is 12.3. The molecule has 2 heterocycles. The van der Waals surface area contributed by atoms with Gasteiger partial charge in [-0.15, -0.1) is 0 Å². The maximum atomic E-state index is 12.3. The van der Waals surface area contributed by atoms with Crippen LogP contribution in [0, 0.1) is 0 Å². The van der Waals surface area contributed by atoms with Crippen molar-refractivity contribution < 1.29 is 28.3 Å². The number of ether oxygens (including phenoxy) is 2. The second kappa shape index (κ2) is 9.07. The molecule has 3 rings (SSSR count). The zero-order valence-electron chi connectivity index (χ0n) is 15.6. The molecule has 2 amide bonds. The highest BCUT2D eigenvalue weighted by Crippen LogP contribution is 2.12. The molecule has 0 bridgehead atoms. The zero-order valence-corrected chi connectivity index (χ0v) is 15.6. The molecule has 0 radical (unpaired) electrons. The summed E-state index contributed by atoms with van der Waals surface area (Å²) >= 11 is 0. The normalized spacial score (nSPS) is 13.9. The first-order valence-corrected chi connectivity index (χ1v) is 8.96. The van der Waals surface area contributed by atoms with E-state index < -0.39 is 5.97 Å². The molecule has 1 aromatic carbocycles. The molecule has 0 atom stereocenters. The number of nitrogens with zero attached hydrogens (tertiary/aromatic N) is 2. The van der Waals surface area contributed by atoms with E-state index in [0.717, 1.165) is 5.56 Å². The van der Waals surface area contributed by atoms with Gasteiger partial charge in [0, 0.05) is 26.2 Å². The third kappa shape index (κ3) is 4.91. The molecule has 0 unspecified atom stereocenters. The minimum atomic E-state index is -0.467. The van der Waals surface area contributed by atoms with Crippen molar-refractivity contribution in [1.82, 2.24) is 9.80 Å². The van der Waals surface area contributed by atoms with Crippen LogP contribution in [0.4, 0.5) is 0 Å². The first-order valence-electron chi connectivity index (χ1n) is 8.96. The van der Waals surface area contributed by atoms with Crippen molar-refractivity contribution in [3.8, 4) is 5.75 Å². The van der Waals surface area contributed by atoms with Gasteiger partial charge in [0.15, 0.2) is 12.4 Å². The Kier molecular flexibility index (Phi) is 6.31. The van der Waals surface area contributed by atoms with E-state index in [0.29, 0.717) is 31.9 Å². The lowest BCUT2D eigenvalue weighted by Crippen LogP contribution is -2.51. The minimum Gasteiger partial charge on any atom is -0.497 e. The third-order valence-electron chi connectivity index (χ3n) is 4.52. The molecular formula is C20H22N2O6. The van der Waals surface area contributed by atoms with Gasteiger partial charge in [0.05, 0.1) is 19.8 Å². The van der Waals surface area contributed by atoms with Gasteiger partial charge in [-0.1, -0.05) is 12.1 Å². The van der Waals surface area contributed by atoms with Crippen LogP contribution in [0.3, 0.4) is 0 Å². The first-order chi connectivity index (χ1) is 13.6. The molecule has 1 fully saturated rings. The molecule has 8 heteroatoms. The van der Waals surface area contributed by atoms with E-state index in [1.807, 2.05) is 0 Å². The number of rotatable bonds is 6. The predicted octanol–water partition coefficient (Wildman–Crippen LogP) is 1.36. The Morgan fingerprint density at radius 1 is 1.00 bits per heavy atom. The minimum absolute atomic E-state index is 0.0860. The second-order valence-corrected chi connectivity index (χ2v) is 6.34. The van der Waals surface area contributed by atoms with Crippen molar-refractivity contribution in [2.75, 3.05) is 39.9 Å². The number of carbonyl (C=O) groups excluding carboxylic acids is 3. The van der Waals surface area contributed by atoms with Gasteiger partial charge in [-0.05, 0) is 29.8 Å². The van der Waals surface area contributed by atoms with Crippen LogP contribution in [0.15, 0.2) is 47.1 Å². The molecule has 0 spiro atoms. The van der Waals surface area contributed by atoms with E-state index in [1.54, 1.807) is 53.3 Å². The molecule has 28 heavy (non-hydrogen) atoms. The summed E-state index contributed by atoms with van der Waals surface area (Å²) in [5.41, 5.74) is 0.781. The molecule has 1 aromatic heterocycles. The van der Waals surface area contributed by atoms with Crippen LogP contribution in [-0.4, -0.2) is 67.5 Å². The average Bonchev–Trinajstić information content (AvgIpc) is 3.27. The van der Waals surface area contributed by atoms with Crippen LogP contribution in [0.2, 0.25) is 0 Å². The Morgan fingerprint density at radius 2 is 1.68 bits per heavy atom. The fourth-order valence-corrected chi connectivity index (χ4v) is 2.91. The lowest BCUT2D eigenvalue weighted by atomic mass is 10.1. The number of amides is 2. The highest BCUT2D eigenvalue weighted by Gasteiger charge is 2.26. The van der Waals surface area contributed by atoms with E-state index in [1.165, 1.54) is 6.26 Å². The van der Waals surface area contributed by atoms with Gasteiger partial charge in [0.25, 0.3) is 11.8 Å². The van der Waals surface area contributed by atoms with Crippen LogP contribution in [0.1, 0.15) is 16.1 Å². The number of esters is 1. The molecule has 8 nitrogen and oxygen atoms in total. The first kappa shape index (κ1) is 19.5. The van der Waals surface area contributed by atoms with Crippen molar-refractivity contribution in [2.24, 2.45) is 0 Å². The summed E-state index contributed by atoms with van der Waals surface area (Å²) in [4.78, 5) is 39.6. The van der Waals surface area contributed by atoms with Gasteiger partial charge in [-0.2, -0.15) is 0 Å². The fraction of sp³-hybridized carbons (Fsp3) is 0.350. The zero-order chi connectivity index (χ0) is 19.9. The maximum Gasteiger partial charge on any atom is 0.310 e.